The fourth-order valence-electron chi connectivity index (χ4n) is 3.01. The number of nitrogens with zero attached hydrogens (tertiary/aromatic N) is 2. The van der Waals surface area contributed by atoms with Gasteiger partial charge >= 0.3 is 12.2 Å². The van der Waals surface area contributed by atoms with Crippen molar-refractivity contribution in [1.29, 1.82) is 0 Å². The summed E-state index contributed by atoms with van der Waals surface area (Å²) in [5.41, 5.74) is 0. The molecule has 0 aromatic carbocycles. The highest BCUT2D eigenvalue weighted by Gasteiger charge is 2.09. The van der Waals surface area contributed by atoms with Crippen LogP contribution in [0.3, 0.4) is 0 Å². The van der Waals surface area contributed by atoms with E-state index in [2.05, 4.69) is 27.7 Å². The van der Waals surface area contributed by atoms with Crippen LogP contribution in [0.4, 0.5) is 9.59 Å². The summed E-state index contributed by atoms with van der Waals surface area (Å²) in [5.74, 6) is 5.85. The van der Waals surface area contributed by atoms with Gasteiger partial charge in [0, 0.05) is 50.2 Å². The van der Waals surface area contributed by atoms with Gasteiger partial charge in [0.15, 0.2) is 0 Å². The van der Waals surface area contributed by atoms with Gasteiger partial charge in [0.1, 0.15) is 13.2 Å². The molecule has 0 N–H and O–H groups in total. The van der Waals surface area contributed by atoms with Gasteiger partial charge < -0.3 is 19.3 Å². The first-order chi connectivity index (χ1) is 18.3. The van der Waals surface area contributed by atoms with Crippen LogP contribution in [0.5, 0.6) is 0 Å². The van der Waals surface area contributed by atoms with Crippen LogP contribution in [0.1, 0.15) is 92.9 Å². The number of hydrogen-bond donors (Lipinski definition) is 0. The van der Waals surface area contributed by atoms with Gasteiger partial charge in [-0.3, -0.25) is 0 Å². The molecule has 0 aliphatic rings. The first kappa shape index (κ1) is 40.1. The van der Waals surface area contributed by atoms with Gasteiger partial charge in [0.05, 0.1) is 0 Å². The highest BCUT2D eigenvalue weighted by atomic mass is 33.1. The van der Waals surface area contributed by atoms with Crippen molar-refractivity contribution in [2.45, 2.75) is 92.9 Å². The van der Waals surface area contributed by atoms with Gasteiger partial charge in [-0.2, -0.15) is 0 Å². The normalized spacial score (nSPS) is 12.2. The smallest absolute Gasteiger partial charge is 0.409 e. The Balaban J connectivity index is 0. The molecule has 0 aliphatic heterocycles. The third-order valence-electron chi connectivity index (χ3n) is 6.22. The molecule has 0 saturated carbocycles. The largest absolute Gasteiger partial charge is 0.449 e. The third kappa shape index (κ3) is 24.9. The van der Waals surface area contributed by atoms with E-state index in [-0.39, 0.29) is 12.2 Å². The second-order valence-corrected chi connectivity index (χ2v) is 14.6. The molecule has 0 fully saturated rings. The lowest BCUT2D eigenvalue weighted by Gasteiger charge is -2.15. The minimum atomic E-state index is -0.220. The van der Waals surface area contributed by atoms with Crippen LogP contribution in [0.2, 0.25) is 0 Å². The summed E-state index contributed by atoms with van der Waals surface area (Å²) in [6, 6.07) is 0. The molecule has 2 atom stereocenters. The standard InChI is InChI=1S/2C14H29NO2S2/c2*1-5-8-9-13(6-2)12-19-18-11-10-17-14(16)15(4)7-3/h2*13H,5-12H2,1-4H3/t13-;/m1./s1. The Morgan fingerprint density at radius 1 is 0.632 bits per heavy atom. The van der Waals surface area contributed by atoms with Crippen molar-refractivity contribution in [1.82, 2.24) is 9.80 Å². The van der Waals surface area contributed by atoms with Crippen molar-refractivity contribution in [3.8, 4) is 0 Å². The van der Waals surface area contributed by atoms with E-state index in [0.717, 1.165) is 23.3 Å². The number of hydrogen-bond acceptors (Lipinski definition) is 8. The summed E-state index contributed by atoms with van der Waals surface area (Å²) in [5, 5.41) is 0. The predicted molar refractivity (Wildman–Crippen MR) is 176 cm³/mol. The van der Waals surface area contributed by atoms with Gasteiger partial charge in [-0.1, -0.05) is 109 Å². The van der Waals surface area contributed by atoms with Crippen molar-refractivity contribution in [2.24, 2.45) is 11.8 Å². The molecule has 0 heterocycles. The Morgan fingerprint density at radius 3 is 1.29 bits per heavy atom. The maximum Gasteiger partial charge on any atom is 0.409 e. The second kappa shape index (κ2) is 29.9. The summed E-state index contributed by atoms with van der Waals surface area (Å²) >= 11 is 0. The maximum absolute atomic E-state index is 11.4. The van der Waals surface area contributed by atoms with E-state index in [1.54, 1.807) is 23.9 Å². The topological polar surface area (TPSA) is 59.1 Å². The molecule has 2 amide bonds. The number of rotatable bonds is 22. The van der Waals surface area contributed by atoms with Crippen molar-refractivity contribution in [3.63, 3.8) is 0 Å². The zero-order valence-electron chi connectivity index (χ0n) is 25.6. The molecule has 1 unspecified atom stereocenters. The van der Waals surface area contributed by atoms with E-state index in [9.17, 15) is 9.59 Å². The van der Waals surface area contributed by atoms with Crippen LogP contribution in [-0.4, -0.2) is 85.4 Å². The summed E-state index contributed by atoms with van der Waals surface area (Å²) in [6.45, 7) is 15.3. The molecule has 228 valence electrons. The fourth-order valence-corrected chi connectivity index (χ4v) is 7.78. The van der Waals surface area contributed by atoms with Crippen LogP contribution in [0.25, 0.3) is 0 Å². The average molecular weight is 615 g/mol. The summed E-state index contributed by atoms with van der Waals surface area (Å²) < 4.78 is 10.3. The SMILES string of the molecule is CCCCC(CC)CSSCCOC(=O)N(C)CC.CCCC[C@@H](CC)CSSCCOC(=O)N(C)CC. The second-order valence-electron chi connectivity index (χ2n) is 9.30. The highest BCUT2D eigenvalue weighted by Crippen LogP contribution is 2.28. The molecule has 0 aromatic rings. The minimum Gasteiger partial charge on any atom is -0.449 e. The number of unbranched alkanes of at least 4 members (excludes halogenated alkanes) is 2. The molecular formula is C28H58N2O4S4. The van der Waals surface area contributed by atoms with E-state index in [0.29, 0.717) is 26.3 Å². The molecule has 0 bridgehead atoms. The average Bonchev–Trinajstić information content (AvgIpc) is 2.94. The molecule has 0 radical (unpaired) electrons. The van der Waals surface area contributed by atoms with Gasteiger partial charge in [0.2, 0.25) is 0 Å². The van der Waals surface area contributed by atoms with Gasteiger partial charge in [-0.05, 0) is 38.5 Å². The molecule has 0 spiro atoms. The van der Waals surface area contributed by atoms with E-state index in [4.69, 9.17) is 9.47 Å². The van der Waals surface area contributed by atoms with E-state index < -0.39 is 0 Å². The minimum absolute atomic E-state index is 0.220. The van der Waals surface area contributed by atoms with E-state index in [1.165, 1.54) is 62.9 Å². The van der Waals surface area contributed by atoms with Crippen LogP contribution in [0.15, 0.2) is 0 Å². The summed E-state index contributed by atoms with van der Waals surface area (Å²) in [4.78, 5) is 25.9. The van der Waals surface area contributed by atoms with Crippen molar-refractivity contribution in [2.75, 3.05) is 63.4 Å². The molecule has 10 heteroatoms. The molecule has 38 heavy (non-hydrogen) atoms. The maximum atomic E-state index is 11.4. The molecule has 6 nitrogen and oxygen atoms in total. The lowest BCUT2D eigenvalue weighted by atomic mass is 10.0. The first-order valence-corrected chi connectivity index (χ1v) is 19.5. The Hall–Kier alpha value is -0.0600. The zero-order valence-corrected chi connectivity index (χ0v) is 28.9. The third-order valence-corrected chi connectivity index (χ3v) is 11.2. The van der Waals surface area contributed by atoms with Crippen LogP contribution >= 0.6 is 43.2 Å². The van der Waals surface area contributed by atoms with Crippen LogP contribution in [0, 0.1) is 11.8 Å². The summed E-state index contributed by atoms with van der Waals surface area (Å²) in [6.07, 6.45) is 10.0. The lowest BCUT2D eigenvalue weighted by Crippen LogP contribution is -2.27. The monoisotopic (exact) mass is 614 g/mol. The fraction of sp³-hybridized carbons (Fsp3) is 0.929. The number of carbonyl (C=O) groups excluding carboxylic acids is 2. The number of amides is 2. The number of ether oxygens (including phenoxy) is 2. The Labute approximate surface area is 251 Å². The van der Waals surface area contributed by atoms with E-state index in [1.807, 2.05) is 57.0 Å². The van der Waals surface area contributed by atoms with Gasteiger partial charge in [0.25, 0.3) is 0 Å². The molecule has 0 aliphatic carbocycles. The van der Waals surface area contributed by atoms with Gasteiger partial charge in [-0.15, -0.1) is 0 Å². The molecular weight excluding hydrogens is 557 g/mol. The van der Waals surface area contributed by atoms with Crippen LogP contribution in [-0.2, 0) is 9.47 Å². The molecule has 0 rings (SSSR count). The molecule has 0 aromatic heterocycles. The Bertz CT molecular complexity index is 501. The number of carbonyl (C=O) groups is 2. The van der Waals surface area contributed by atoms with Gasteiger partial charge in [-0.25, -0.2) is 9.59 Å². The van der Waals surface area contributed by atoms with E-state index >= 15 is 0 Å². The first-order valence-electron chi connectivity index (χ1n) is 14.5. The Kier molecular flexibility index (Phi) is 31.5. The highest BCUT2D eigenvalue weighted by molar-refractivity contribution is 8.77. The summed E-state index contributed by atoms with van der Waals surface area (Å²) in [7, 11) is 11.0. The van der Waals surface area contributed by atoms with Crippen molar-refractivity contribution < 1.29 is 19.1 Å². The Morgan fingerprint density at radius 2 is 1.00 bits per heavy atom. The quantitative estimate of drug-likeness (QED) is 0.0883. The lowest BCUT2D eigenvalue weighted by molar-refractivity contribution is 0.118. The van der Waals surface area contributed by atoms with Crippen LogP contribution < -0.4 is 0 Å². The molecule has 0 saturated heterocycles. The predicted octanol–water partition coefficient (Wildman–Crippen LogP) is 9.35. The van der Waals surface area contributed by atoms with Crippen molar-refractivity contribution in [3.05, 3.63) is 0 Å². The van der Waals surface area contributed by atoms with Crippen molar-refractivity contribution >= 4 is 55.4 Å². The zero-order chi connectivity index (χ0) is 29.0.